The minimum atomic E-state index is 1.12. The summed E-state index contributed by atoms with van der Waals surface area (Å²) in [4.78, 5) is 1.26. The van der Waals surface area contributed by atoms with Gasteiger partial charge in [-0.25, -0.2) is 0 Å². The van der Waals surface area contributed by atoms with Crippen LogP contribution in [0.15, 0.2) is 35.7 Å². The number of hydrogen-bond donors (Lipinski definition) is 0. The van der Waals surface area contributed by atoms with Crippen LogP contribution in [0.1, 0.15) is 12.5 Å². The highest BCUT2D eigenvalue weighted by Gasteiger charge is 1.92. The molecule has 0 aliphatic rings. The molecule has 1 rings (SSSR count). The second-order valence-corrected chi connectivity index (χ2v) is 3.84. The molecule has 0 saturated heterocycles. The summed E-state index contributed by atoms with van der Waals surface area (Å²) in [6.07, 6.45) is 0. The van der Waals surface area contributed by atoms with Crippen molar-refractivity contribution in [3.63, 3.8) is 0 Å². The Kier molecular flexibility index (Phi) is 3.16. The van der Waals surface area contributed by atoms with Crippen molar-refractivity contribution in [1.29, 1.82) is 0 Å². The topological polar surface area (TPSA) is 0 Å². The van der Waals surface area contributed by atoms with Gasteiger partial charge in [-0.05, 0) is 24.6 Å². The first kappa shape index (κ1) is 8.83. The molecule has 0 fully saturated rings. The van der Waals surface area contributed by atoms with Crippen LogP contribution in [0.25, 0.3) is 5.57 Å². The van der Waals surface area contributed by atoms with Gasteiger partial charge < -0.3 is 0 Å². The highest BCUT2D eigenvalue weighted by Crippen LogP contribution is 2.25. The molecule has 2 heteroatoms. The first-order valence-corrected chi connectivity index (χ1v) is 5.66. The first-order chi connectivity index (χ1) is 5.24. The lowest BCUT2D eigenvalue weighted by atomic mass is 10.1. The summed E-state index contributed by atoms with van der Waals surface area (Å²) in [7, 11) is 2.63. The smallest absolute Gasteiger partial charge is 0.0111 e. The predicted octanol–water partition coefficient (Wildman–Crippen LogP) is 3.60. The quantitative estimate of drug-likeness (QED) is 0.630. The lowest BCUT2D eigenvalue weighted by Gasteiger charge is -1.99. The summed E-state index contributed by atoms with van der Waals surface area (Å²) in [5.41, 5.74) is 2.33. The number of rotatable bonds is 2. The normalized spacial score (nSPS) is 9.64. The average Bonchev–Trinajstić information content (AvgIpc) is 2.05. The second kappa shape index (κ2) is 3.94. The molecule has 11 heavy (non-hydrogen) atoms. The van der Waals surface area contributed by atoms with Crippen LogP contribution in [-0.2, 0) is 0 Å². The Hall–Kier alpha value is -0.260. The fourth-order valence-electron chi connectivity index (χ4n) is 0.818. The van der Waals surface area contributed by atoms with E-state index in [1.165, 1.54) is 10.5 Å². The SMILES string of the molecule is C=C(C)c1ccc(SP)cc1. The van der Waals surface area contributed by atoms with Gasteiger partial charge in [0.05, 0.1) is 0 Å². The Bertz CT molecular complexity index is 251. The highest BCUT2D eigenvalue weighted by atomic mass is 32.7. The molecule has 0 heterocycles. The zero-order valence-electron chi connectivity index (χ0n) is 6.50. The Balaban J connectivity index is 2.91. The molecule has 0 radical (unpaired) electrons. The summed E-state index contributed by atoms with van der Waals surface area (Å²) in [6.45, 7) is 5.89. The molecule has 58 valence electrons. The molecule has 0 saturated carbocycles. The lowest BCUT2D eigenvalue weighted by molar-refractivity contribution is 1.44. The minimum absolute atomic E-state index is 1.12. The molecule has 0 nitrogen and oxygen atoms in total. The van der Waals surface area contributed by atoms with Crippen LogP contribution in [0.2, 0.25) is 0 Å². The zero-order valence-corrected chi connectivity index (χ0v) is 8.47. The molecule has 1 atom stereocenters. The Morgan fingerprint density at radius 3 is 2.27 bits per heavy atom. The molecule has 0 bridgehead atoms. The summed E-state index contributed by atoms with van der Waals surface area (Å²) >= 11 is 1.68. The van der Waals surface area contributed by atoms with Crippen molar-refractivity contribution in [3.8, 4) is 0 Å². The largest absolute Gasteiger partial charge is 0.105 e. The summed E-state index contributed by atoms with van der Waals surface area (Å²) in [6, 6.07) is 8.38. The van der Waals surface area contributed by atoms with Gasteiger partial charge in [0.15, 0.2) is 0 Å². The van der Waals surface area contributed by atoms with Crippen LogP contribution in [0.3, 0.4) is 0 Å². The molecule has 0 aliphatic carbocycles. The van der Waals surface area contributed by atoms with E-state index >= 15 is 0 Å². The van der Waals surface area contributed by atoms with Crippen molar-refractivity contribution in [2.75, 3.05) is 0 Å². The van der Waals surface area contributed by atoms with Gasteiger partial charge in [-0.15, -0.1) is 11.4 Å². The maximum atomic E-state index is 3.87. The first-order valence-electron chi connectivity index (χ1n) is 3.36. The van der Waals surface area contributed by atoms with Crippen LogP contribution in [0.5, 0.6) is 0 Å². The van der Waals surface area contributed by atoms with Gasteiger partial charge in [0.1, 0.15) is 0 Å². The van der Waals surface area contributed by atoms with E-state index in [2.05, 4.69) is 39.3 Å². The van der Waals surface area contributed by atoms with E-state index in [1.807, 2.05) is 6.92 Å². The van der Waals surface area contributed by atoms with Gasteiger partial charge in [0.25, 0.3) is 0 Å². The summed E-state index contributed by atoms with van der Waals surface area (Å²) in [5, 5.41) is 0. The van der Waals surface area contributed by atoms with Gasteiger partial charge in [0.2, 0.25) is 0 Å². The molecule has 0 aromatic heterocycles. The van der Waals surface area contributed by atoms with Crippen LogP contribution in [0.4, 0.5) is 0 Å². The summed E-state index contributed by atoms with van der Waals surface area (Å²) in [5.74, 6) is 0. The zero-order chi connectivity index (χ0) is 8.27. The number of hydrogen-bond acceptors (Lipinski definition) is 1. The van der Waals surface area contributed by atoms with E-state index in [4.69, 9.17) is 0 Å². The molecule has 1 aromatic rings. The average molecular weight is 182 g/mol. The fourth-order valence-corrected chi connectivity index (χ4v) is 1.58. The van der Waals surface area contributed by atoms with Gasteiger partial charge in [-0.2, -0.15) is 0 Å². The third-order valence-electron chi connectivity index (χ3n) is 1.48. The van der Waals surface area contributed by atoms with Crippen LogP contribution < -0.4 is 0 Å². The van der Waals surface area contributed by atoms with Gasteiger partial charge in [-0.3, -0.25) is 0 Å². The van der Waals surface area contributed by atoms with Crippen LogP contribution in [0, 0.1) is 0 Å². The van der Waals surface area contributed by atoms with Crippen molar-refractivity contribution in [2.24, 2.45) is 0 Å². The molecular weight excluding hydrogens is 171 g/mol. The Morgan fingerprint density at radius 2 is 1.91 bits per heavy atom. The monoisotopic (exact) mass is 182 g/mol. The van der Waals surface area contributed by atoms with Crippen molar-refractivity contribution >= 4 is 25.4 Å². The molecule has 1 aromatic carbocycles. The standard InChI is InChI=1S/C9H11PS/c1-7(2)8-3-5-9(11-10)6-4-8/h3-6H,1,10H2,2H3. The van der Waals surface area contributed by atoms with Gasteiger partial charge >= 0.3 is 0 Å². The maximum absolute atomic E-state index is 3.87. The van der Waals surface area contributed by atoms with E-state index in [0.29, 0.717) is 0 Å². The molecule has 0 spiro atoms. The second-order valence-electron chi connectivity index (χ2n) is 2.42. The third-order valence-corrected chi connectivity index (χ3v) is 2.84. The van der Waals surface area contributed by atoms with E-state index in [0.717, 1.165) is 5.57 Å². The highest BCUT2D eigenvalue weighted by molar-refractivity contribution is 8.43. The number of benzene rings is 1. The Labute approximate surface area is 74.0 Å². The van der Waals surface area contributed by atoms with E-state index < -0.39 is 0 Å². The Morgan fingerprint density at radius 1 is 1.36 bits per heavy atom. The lowest BCUT2D eigenvalue weighted by Crippen LogP contribution is -1.75. The maximum Gasteiger partial charge on any atom is 0.0111 e. The van der Waals surface area contributed by atoms with Crippen molar-refractivity contribution < 1.29 is 0 Å². The van der Waals surface area contributed by atoms with Gasteiger partial charge in [-0.1, -0.05) is 32.7 Å². The molecular formula is C9H11PS. The van der Waals surface area contributed by atoms with Gasteiger partial charge in [0, 0.05) is 4.90 Å². The minimum Gasteiger partial charge on any atom is -0.105 e. The van der Waals surface area contributed by atoms with Crippen molar-refractivity contribution in [2.45, 2.75) is 11.8 Å². The molecule has 1 unspecified atom stereocenters. The fraction of sp³-hybridized carbons (Fsp3) is 0.111. The third kappa shape index (κ3) is 2.36. The van der Waals surface area contributed by atoms with Crippen LogP contribution >= 0.6 is 19.8 Å². The predicted molar refractivity (Wildman–Crippen MR) is 56.7 cm³/mol. The van der Waals surface area contributed by atoms with Crippen molar-refractivity contribution in [1.82, 2.24) is 0 Å². The molecule has 0 amide bonds. The van der Waals surface area contributed by atoms with Crippen LogP contribution in [-0.4, -0.2) is 0 Å². The van der Waals surface area contributed by atoms with E-state index in [-0.39, 0.29) is 0 Å². The molecule has 0 N–H and O–H groups in total. The van der Waals surface area contributed by atoms with E-state index in [9.17, 15) is 0 Å². The van der Waals surface area contributed by atoms with Crippen molar-refractivity contribution in [3.05, 3.63) is 36.4 Å². The summed E-state index contributed by atoms with van der Waals surface area (Å²) < 4.78 is 0. The number of allylic oxidation sites excluding steroid dienone is 1. The van der Waals surface area contributed by atoms with E-state index in [1.54, 1.807) is 11.4 Å². The molecule has 0 aliphatic heterocycles.